The molecule has 0 saturated heterocycles. The summed E-state index contributed by atoms with van der Waals surface area (Å²) in [7, 11) is 0. The van der Waals surface area contributed by atoms with Gasteiger partial charge in [-0.2, -0.15) is 0 Å². The van der Waals surface area contributed by atoms with E-state index >= 15 is 0 Å². The van der Waals surface area contributed by atoms with Crippen LogP contribution in [-0.2, 0) is 0 Å². The molecule has 1 rings (SSSR count). The molecule has 1 aromatic heterocycles. The third kappa shape index (κ3) is 2.45. The molecule has 53 valence electrons. The Labute approximate surface area is 84.9 Å². The van der Waals surface area contributed by atoms with Crippen LogP contribution in [0.1, 0.15) is 10.5 Å². The van der Waals surface area contributed by atoms with Crippen LogP contribution in [0.25, 0.3) is 0 Å². The molecule has 0 bridgehead atoms. The Kier molecular flexibility index (Phi) is 4.02. The van der Waals surface area contributed by atoms with Gasteiger partial charge in [0.1, 0.15) is 0 Å². The van der Waals surface area contributed by atoms with Gasteiger partial charge in [0.05, 0.1) is 0 Å². The van der Waals surface area contributed by atoms with Gasteiger partial charge in [0, 0.05) is 42.0 Å². The van der Waals surface area contributed by atoms with E-state index in [0.29, 0.717) is 0 Å². The smallest absolute Gasteiger partial charge is 0.358 e. The van der Waals surface area contributed by atoms with Crippen molar-refractivity contribution in [1.82, 2.24) is 9.97 Å². The molecule has 0 saturated carbocycles. The topological polar surface area (TPSA) is 89.1 Å². The van der Waals surface area contributed by atoms with Gasteiger partial charge in [-0.1, -0.05) is 0 Å². The number of hydrogen-bond donors (Lipinski definition) is 2. The fourth-order valence-corrected chi connectivity index (χ4v) is 0.514. The maximum Gasteiger partial charge on any atom is 0.358 e. The van der Waals surface area contributed by atoms with E-state index in [2.05, 4.69) is 9.97 Å². The largest absolute Gasteiger partial charge is 0.476 e. The number of carboxylic acids is 1. The van der Waals surface area contributed by atoms with Crippen LogP contribution in [0.3, 0.4) is 0 Å². The Morgan fingerprint density at radius 2 is 2.00 bits per heavy atom. The summed E-state index contributed by atoms with van der Waals surface area (Å²) in [6.07, 6.45) is 2.61. The van der Waals surface area contributed by atoms with Gasteiger partial charge in [0.25, 0.3) is 0 Å². The molecule has 3 N–H and O–H groups in total. The van der Waals surface area contributed by atoms with E-state index in [1.807, 2.05) is 0 Å². The van der Waals surface area contributed by atoms with Crippen LogP contribution in [0.15, 0.2) is 12.4 Å². The van der Waals surface area contributed by atoms with Crippen LogP contribution >= 0.6 is 0 Å². The van der Waals surface area contributed by atoms with Crippen LogP contribution in [0.5, 0.6) is 0 Å². The van der Waals surface area contributed by atoms with Crippen LogP contribution in [-0.4, -0.2) is 50.6 Å². The summed E-state index contributed by atoms with van der Waals surface area (Å²) in [5, 5.41) is 8.38. The normalized spacial score (nSPS) is 8.36. The van der Waals surface area contributed by atoms with Crippen molar-refractivity contribution in [2.24, 2.45) is 0 Å². The zero-order valence-corrected chi connectivity index (χ0v) is 7.98. The Bertz CT molecular complexity index is 266. The molecule has 1 radical (unpaired) electrons. The maximum atomic E-state index is 10.2. The fourth-order valence-electron chi connectivity index (χ4n) is 0.514. The molecule has 0 aromatic carbocycles. The van der Waals surface area contributed by atoms with Gasteiger partial charge in [0.15, 0.2) is 11.5 Å². The molecular weight excluding hydrogens is 157 g/mol. The maximum absolute atomic E-state index is 10.2. The number of hydrogen-bond acceptors (Lipinski definition) is 4. The molecule has 6 heteroatoms. The number of carbonyl (C=O) groups is 1. The molecule has 0 spiro atoms. The first-order valence-electron chi connectivity index (χ1n) is 2.51. The minimum atomic E-state index is -1.16. The van der Waals surface area contributed by atoms with Gasteiger partial charge < -0.3 is 10.8 Å². The number of rotatable bonds is 1. The molecule has 0 unspecified atom stereocenters. The van der Waals surface area contributed by atoms with E-state index in [1.165, 1.54) is 12.4 Å². The van der Waals surface area contributed by atoms with Gasteiger partial charge >= 0.3 is 5.97 Å². The second-order valence-corrected chi connectivity index (χ2v) is 1.60. The molecule has 5 nitrogen and oxygen atoms in total. The van der Waals surface area contributed by atoms with Crippen molar-refractivity contribution in [2.75, 3.05) is 5.73 Å². The standard InChI is InChI=1S/C5H5N3O2.Na/c6-4-3(5(9)10)7-1-2-8-4;/h1-2H,(H2,6,8)(H,9,10);. The number of carboxylic acid groups (broad SMARTS) is 1. The van der Waals surface area contributed by atoms with Crippen molar-refractivity contribution in [3.05, 3.63) is 18.1 Å². The first-order chi connectivity index (χ1) is 4.72. The Morgan fingerprint density at radius 1 is 1.45 bits per heavy atom. The molecule has 0 fully saturated rings. The summed E-state index contributed by atoms with van der Waals surface area (Å²) >= 11 is 0. The van der Waals surface area contributed by atoms with Crippen molar-refractivity contribution >= 4 is 41.3 Å². The first kappa shape index (κ1) is 10.3. The van der Waals surface area contributed by atoms with Crippen LogP contribution in [0.4, 0.5) is 5.82 Å². The molecule has 0 aliphatic carbocycles. The predicted octanol–water partition coefficient (Wildman–Crippen LogP) is -0.624. The zero-order chi connectivity index (χ0) is 7.56. The minimum absolute atomic E-state index is 0. The van der Waals surface area contributed by atoms with E-state index in [4.69, 9.17) is 10.8 Å². The van der Waals surface area contributed by atoms with Crippen LogP contribution in [0, 0.1) is 0 Å². The molecule has 0 aliphatic rings. The summed E-state index contributed by atoms with van der Waals surface area (Å²) in [5.74, 6) is -1.22. The Hall–Kier alpha value is -0.650. The molecular formula is C5H5N3NaO2. The average molecular weight is 162 g/mol. The second-order valence-electron chi connectivity index (χ2n) is 1.60. The van der Waals surface area contributed by atoms with Gasteiger partial charge in [0.2, 0.25) is 0 Å². The quantitative estimate of drug-likeness (QED) is 0.537. The number of nitrogens with two attached hydrogens (primary N) is 1. The summed E-state index contributed by atoms with van der Waals surface area (Å²) in [4.78, 5) is 17.3. The van der Waals surface area contributed by atoms with E-state index < -0.39 is 5.97 Å². The average Bonchev–Trinajstić information content (AvgIpc) is 1.88. The molecule has 0 atom stereocenters. The SMILES string of the molecule is Nc1nccnc1C(=O)O.[Na]. The summed E-state index contributed by atoms with van der Waals surface area (Å²) in [6, 6.07) is 0. The molecule has 1 heterocycles. The van der Waals surface area contributed by atoms with E-state index in [-0.39, 0.29) is 41.1 Å². The van der Waals surface area contributed by atoms with E-state index in [9.17, 15) is 4.79 Å². The zero-order valence-electron chi connectivity index (χ0n) is 5.98. The molecule has 0 aliphatic heterocycles. The predicted molar refractivity (Wildman–Crippen MR) is 39.2 cm³/mol. The van der Waals surface area contributed by atoms with Crippen molar-refractivity contribution < 1.29 is 9.90 Å². The number of aromatic carboxylic acids is 1. The molecule has 0 amide bonds. The van der Waals surface area contributed by atoms with Gasteiger partial charge in [-0.25, -0.2) is 14.8 Å². The Balaban J connectivity index is 0.000001000. The molecule has 1 aromatic rings. The van der Waals surface area contributed by atoms with E-state index in [0.717, 1.165) is 0 Å². The summed E-state index contributed by atoms with van der Waals surface area (Å²) < 4.78 is 0. The van der Waals surface area contributed by atoms with E-state index in [1.54, 1.807) is 0 Å². The summed E-state index contributed by atoms with van der Waals surface area (Å²) in [5.41, 5.74) is 4.96. The third-order valence-corrected chi connectivity index (χ3v) is 0.929. The number of anilines is 1. The van der Waals surface area contributed by atoms with Crippen LogP contribution in [0.2, 0.25) is 0 Å². The van der Waals surface area contributed by atoms with Gasteiger partial charge in [-0.15, -0.1) is 0 Å². The van der Waals surface area contributed by atoms with Crippen LogP contribution < -0.4 is 5.73 Å². The number of aromatic nitrogens is 2. The first-order valence-corrected chi connectivity index (χ1v) is 2.51. The summed E-state index contributed by atoms with van der Waals surface area (Å²) in [6.45, 7) is 0. The third-order valence-electron chi connectivity index (χ3n) is 0.929. The van der Waals surface area contributed by atoms with Gasteiger partial charge in [-0.05, 0) is 0 Å². The van der Waals surface area contributed by atoms with Crippen molar-refractivity contribution in [1.29, 1.82) is 0 Å². The van der Waals surface area contributed by atoms with Gasteiger partial charge in [-0.3, -0.25) is 0 Å². The fraction of sp³-hybridized carbons (Fsp3) is 0. The Morgan fingerprint density at radius 3 is 2.36 bits per heavy atom. The molecule has 11 heavy (non-hydrogen) atoms. The van der Waals surface area contributed by atoms with Crippen molar-refractivity contribution in [2.45, 2.75) is 0 Å². The minimum Gasteiger partial charge on any atom is -0.476 e. The second kappa shape index (κ2) is 4.27. The number of nitrogens with zero attached hydrogens (tertiary/aromatic N) is 2. The van der Waals surface area contributed by atoms with Crippen molar-refractivity contribution in [3.63, 3.8) is 0 Å². The monoisotopic (exact) mass is 162 g/mol. The number of nitrogen functional groups attached to an aromatic ring is 1. The van der Waals surface area contributed by atoms with Crippen molar-refractivity contribution in [3.8, 4) is 0 Å².